The molecule has 0 aliphatic rings. The van der Waals surface area contributed by atoms with Crippen molar-refractivity contribution < 1.29 is 4.42 Å². The van der Waals surface area contributed by atoms with E-state index in [-0.39, 0.29) is 0 Å². The highest BCUT2D eigenvalue weighted by molar-refractivity contribution is 9.13. The summed E-state index contributed by atoms with van der Waals surface area (Å²) in [7, 11) is 0. The second kappa shape index (κ2) is 4.84. The Kier molecular flexibility index (Phi) is 4.05. The highest BCUT2D eigenvalue weighted by Gasteiger charge is 2.04. The van der Waals surface area contributed by atoms with Crippen molar-refractivity contribution in [1.82, 2.24) is 5.32 Å². The Hall–Kier alpha value is -0.0600. The van der Waals surface area contributed by atoms with Crippen LogP contribution in [-0.4, -0.2) is 6.54 Å². The van der Waals surface area contributed by atoms with Gasteiger partial charge in [0.25, 0.3) is 0 Å². The molecule has 4 heteroatoms. The van der Waals surface area contributed by atoms with Gasteiger partial charge in [0.05, 0.1) is 11.0 Å². The van der Waals surface area contributed by atoms with Gasteiger partial charge >= 0.3 is 0 Å². The van der Waals surface area contributed by atoms with Crippen molar-refractivity contribution in [2.45, 2.75) is 6.54 Å². The molecule has 0 radical (unpaired) electrons. The molecule has 0 aromatic carbocycles. The molecular formula is C8H9Br2NO. The van der Waals surface area contributed by atoms with Gasteiger partial charge in [-0.05, 0) is 37.9 Å². The molecule has 1 aromatic heterocycles. The van der Waals surface area contributed by atoms with Crippen LogP contribution >= 0.6 is 31.9 Å². The van der Waals surface area contributed by atoms with Gasteiger partial charge < -0.3 is 9.73 Å². The van der Waals surface area contributed by atoms with Gasteiger partial charge in [-0.25, -0.2) is 0 Å². The van der Waals surface area contributed by atoms with E-state index in [1.54, 1.807) is 0 Å². The van der Waals surface area contributed by atoms with Gasteiger partial charge in [-0.1, -0.05) is 6.08 Å². The fourth-order valence-corrected chi connectivity index (χ4v) is 1.43. The number of hydrogen-bond acceptors (Lipinski definition) is 2. The first kappa shape index (κ1) is 10.0. The summed E-state index contributed by atoms with van der Waals surface area (Å²) in [6.07, 6.45) is 1.81. The second-order valence-corrected chi connectivity index (χ2v) is 3.83. The van der Waals surface area contributed by atoms with Crippen LogP contribution < -0.4 is 5.32 Å². The summed E-state index contributed by atoms with van der Waals surface area (Å²) in [5, 5.41) is 3.14. The van der Waals surface area contributed by atoms with Gasteiger partial charge in [0.1, 0.15) is 5.76 Å². The first-order chi connectivity index (χ1) is 5.74. The van der Waals surface area contributed by atoms with Gasteiger partial charge in [0.15, 0.2) is 4.67 Å². The average Bonchev–Trinajstić information content (AvgIpc) is 2.32. The van der Waals surface area contributed by atoms with Gasteiger partial charge in [-0.15, -0.1) is 6.58 Å². The molecule has 0 spiro atoms. The summed E-state index contributed by atoms with van der Waals surface area (Å²) < 4.78 is 7.01. The molecular weight excluding hydrogens is 286 g/mol. The van der Waals surface area contributed by atoms with Gasteiger partial charge in [0, 0.05) is 6.54 Å². The molecule has 0 bridgehead atoms. The SMILES string of the molecule is C=CCNCc1cc(Br)c(Br)o1. The van der Waals surface area contributed by atoms with Crippen LogP contribution in [0.1, 0.15) is 5.76 Å². The van der Waals surface area contributed by atoms with Crippen LogP contribution in [0, 0.1) is 0 Å². The second-order valence-electron chi connectivity index (χ2n) is 2.25. The lowest BCUT2D eigenvalue weighted by atomic mass is 10.4. The molecule has 0 aliphatic heterocycles. The maximum atomic E-state index is 5.33. The van der Waals surface area contributed by atoms with Crippen LogP contribution in [0.2, 0.25) is 0 Å². The predicted molar refractivity (Wildman–Crippen MR) is 56.0 cm³/mol. The van der Waals surface area contributed by atoms with Crippen molar-refractivity contribution in [1.29, 1.82) is 0 Å². The fourth-order valence-electron chi connectivity index (χ4n) is 0.776. The lowest BCUT2D eigenvalue weighted by molar-refractivity contribution is 0.470. The maximum absolute atomic E-state index is 5.33. The first-order valence-corrected chi connectivity index (χ1v) is 5.08. The fraction of sp³-hybridized carbons (Fsp3) is 0.250. The third-order valence-electron chi connectivity index (χ3n) is 1.28. The normalized spacial score (nSPS) is 10.2. The van der Waals surface area contributed by atoms with E-state index >= 15 is 0 Å². The molecule has 1 rings (SSSR count). The number of nitrogens with one attached hydrogen (secondary N) is 1. The summed E-state index contributed by atoms with van der Waals surface area (Å²) in [6.45, 7) is 5.11. The molecule has 0 unspecified atom stereocenters. The summed E-state index contributed by atoms with van der Waals surface area (Å²) >= 11 is 6.60. The maximum Gasteiger partial charge on any atom is 0.183 e. The number of halogens is 2. The minimum absolute atomic E-state index is 0.718. The molecule has 1 N–H and O–H groups in total. The molecule has 66 valence electrons. The molecule has 0 saturated carbocycles. The Balaban J connectivity index is 2.47. The molecule has 1 aromatic rings. The largest absolute Gasteiger partial charge is 0.452 e. The summed E-state index contributed by atoms with van der Waals surface area (Å²) in [6, 6.07) is 1.93. The van der Waals surface area contributed by atoms with Gasteiger partial charge in [0.2, 0.25) is 0 Å². The molecule has 0 saturated heterocycles. The van der Waals surface area contributed by atoms with Gasteiger partial charge in [-0.2, -0.15) is 0 Å². The Bertz CT molecular complexity index is 251. The summed E-state index contributed by atoms with van der Waals surface area (Å²) in [5.41, 5.74) is 0. The molecule has 1 heterocycles. The van der Waals surface area contributed by atoms with Crippen molar-refractivity contribution in [3.8, 4) is 0 Å². The minimum atomic E-state index is 0.718. The molecule has 0 atom stereocenters. The molecule has 2 nitrogen and oxygen atoms in total. The monoisotopic (exact) mass is 293 g/mol. The average molecular weight is 295 g/mol. The Morgan fingerprint density at radius 1 is 1.58 bits per heavy atom. The standard InChI is InChI=1S/C8H9Br2NO/c1-2-3-11-5-6-4-7(9)8(10)12-6/h2,4,11H,1,3,5H2. The first-order valence-electron chi connectivity index (χ1n) is 3.49. The van der Waals surface area contributed by atoms with Crippen molar-refractivity contribution >= 4 is 31.9 Å². The van der Waals surface area contributed by atoms with Crippen molar-refractivity contribution in [3.63, 3.8) is 0 Å². The van der Waals surface area contributed by atoms with Crippen LogP contribution in [0.3, 0.4) is 0 Å². The third-order valence-corrected chi connectivity index (χ3v) is 2.99. The van der Waals surface area contributed by atoms with E-state index in [2.05, 4.69) is 43.8 Å². The molecule has 0 amide bonds. The minimum Gasteiger partial charge on any atom is -0.452 e. The highest BCUT2D eigenvalue weighted by Crippen LogP contribution is 2.26. The topological polar surface area (TPSA) is 25.2 Å². The lowest BCUT2D eigenvalue weighted by Crippen LogP contribution is -2.11. The quantitative estimate of drug-likeness (QED) is 0.682. The van der Waals surface area contributed by atoms with Crippen LogP contribution in [-0.2, 0) is 6.54 Å². The number of furan rings is 1. The Labute approximate surface area is 88.3 Å². The van der Waals surface area contributed by atoms with E-state index in [9.17, 15) is 0 Å². The smallest absolute Gasteiger partial charge is 0.183 e. The zero-order chi connectivity index (χ0) is 8.97. The Morgan fingerprint density at radius 2 is 2.33 bits per heavy atom. The van der Waals surface area contributed by atoms with Crippen LogP contribution in [0.15, 0.2) is 32.3 Å². The van der Waals surface area contributed by atoms with Crippen molar-refractivity contribution in [2.24, 2.45) is 0 Å². The summed E-state index contributed by atoms with van der Waals surface area (Å²) in [5.74, 6) is 0.899. The van der Waals surface area contributed by atoms with E-state index in [1.165, 1.54) is 0 Å². The third kappa shape index (κ3) is 2.77. The van der Waals surface area contributed by atoms with E-state index in [4.69, 9.17) is 4.42 Å². The van der Waals surface area contributed by atoms with E-state index in [0.29, 0.717) is 0 Å². The summed E-state index contributed by atoms with van der Waals surface area (Å²) in [4.78, 5) is 0. The Morgan fingerprint density at radius 3 is 2.83 bits per heavy atom. The van der Waals surface area contributed by atoms with E-state index in [1.807, 2.05) is 12.1 Å². The van der Waals surface area contributed by atoms with Crippen LogP contribution in [0.25, 0.3) is 0 Å². The van der Waals surface area contributed by atoms with E-state index < -0.39 is 0 Å². The zero-order valence-corrected chi connectivity index (χ0v) is 9.61. The van der Waals surface area contributed by atoms with Crippen LogP contribution in [0.4, 0.5) is 0 Å². The molecule has 0 fully saturated rings. The van der Waals surface area contributed by atoms with E-state index in [0.717, 1.165) is 28.0 Å². The van der Waals surface area contributed by atoms with Crippen molar-refractivity contribution in [2.75, 3.05) is 6.54 Å². The number of hydrogen-bond donors (Lipinski definition) is 1. The van der Waals surface area contributed by atoms with Gasteiger partial charge in [-0.3, -0.25) is 0 Å². The van der Waals surface area contributed by atoms with Crippen LogP contribution in [0.5, 0.6) is 0 Å². The number of rotatable bonds is 4. The predicted octanol–water partition coefficient (Wildman–Crippen LogP) is 3.08. The molecule has 0 aliphatic carbocycles. The lowest BCUT2D eigenvalue weighted by Gasteiger charge is -1.95. The van der Waals surface area contributed by atoms with Crippen molar-refractivity contribution in [3.05, 3.63) is 33.6 Å². The molecule has 12 heavy (non-hydrogen) atoms. The highest BCUT2D eigenvalue weighted by atomic mass is 79.9. The zero-order valence-electron chi connectivity index (χ0n) is 6.44.